The van der Waals surface area contributed by atoms with Crippen molar-refractivity contribution in [3.05, 3.63) is 24.3 Å². The van der Waals surface area contributed by atoms with Crippen LogP contribution in [0.1, 0.15) is 33.6 Å². The van der Waals surface area contributed by atoms with Gasteiger partial charge in [0.2, 0.25) is 0 Å². The van der Waals surface area contributed by atoms with Crippen LogP contribution in [0.5, 0.6) is 0 Å². The molecule has 2 N–H and O–H groups in total. The van der Waals surface area contributed by atoms with Crippen LogP contribution in [0.3, 0.4) is 0 Å². The molecular formula is C16H24N2O2. The van der Waals surface area contributed by atoms with E-state index in [4.69, 9.17) is 4.74 Å². The van der Waals surface area contributed by atoms with Crippen molar-refractivity contribution in [1.82, 2.24) is 0 Å². The zero-order chi connectivity index (χ0) is 14.8. The number of hydrogen-bond donors (Lipinski definition) is 2. The van der Waals surface area contributed by atoms with Gasteiger partial charge in [0.15, 0.2) is 0 Å². The van der Waals surface area contributed by atoms with Crippen LogP contribution < -0.4 is 10.6 Å². The van der Waals surface area contributed by atoms with E-state index in [-0.39, 0.29) is 5.91 Å². The molecule has 1 fully saturated rings. The smallest absolute Gasteiger partial charge is 0.253 e. The van der Waals surface area contributed by atoms with Gasteiger partial charge in [0.1, 0.15) is 6.10 Å². The highest BCUT2D eigenvalue weighted by molar-refractivity contribution is 5.94. The number of carbonyl (C=O) groups is 1. The number of ether oxygens (including phenoxy) is 1. The van der Waals surface area contributed by atoms with Crippen molar-refractivity contribution >= 4 is 17.3 Å². The molecule has 1 aromatic carbocycles. The van der Waals surface area contributed by atoms with Gasteiger partial charge in [-0.05, 0) is 50.3 Å². The molecule has 1 aromatic rings. The lowest BCUT2D eigenvalue weighted by atomic mass is 10.0. The van der Waals surface area contributed by atoms with Crippen molar-refractivity contribution in [2.45, 2.75) is 45.8 Å². The average Bonchev–Trinajstić information content (AvgIpc) is 3.17. The molecule has 0 saturated heterocycles. The zero-order valence-corrected chi connectivity index (χ0v) is 12.7. The summed E-state index contributed by atoms with van der Waals surface area (Å²) in [5.74, 6) is -0.133. The van der Waals surface area contributed by atoms with E-state index in [0.29, 0.717) is 11.5 Å². The van der Waals surface area contributed by atoms with Crippen LogP contribution in [0.2, 0.25) is 0 Å². The molecule has 0 spiro atoms. The third-order valence-electron chi connectivity index (χ3n) is 4.32. The van der Waals surface area contributed by atoms with Gasteiger partial charge < -0.3 is 15.4 Å². The van der Waals surface area contributed by atoms with Crippen molar-refractivity contribution in [2.24, 2.45) is 5.41 Å². The summed E-state index contributed by atoms with van der Waals surface area (Å²) in [5.41, 5.74) is 2.25. The molecule has 0 aromatic heterocycles. The molecule has 2 rings (SSSR count). The number of benzene rings is 1. The van der Waals surface area contributed by atoms with Gasteiger partial charge in [-0.3, -0.25) is 4.79 Å². The lowest BCUT2D eigenvalue weighted by Gasteiger charge is -2.22. The lowest BCUT2D eigenvalue weighted by Crippen LogP contribution is -2.27. The molecule has 4 heteroatoms. The quantitative estimate of drug-likeness (QED) is 0.838. The lowest BCUT2D eigenvalue weighted by molar-refractivity contribution is -0.124. The summed E-state index contributed by atoms with van der Waals surface area (Å²) < 4.78 is 5.00. The summed E-state index contributed by atoms with van der Waals surface area (Å²) in [4.78, 5) is 11.8. The Morgan fingerprint density at radius 2 is 1.95 bits per heavy atom. The predicted octanol–water partition coefficient (Wildman–Crippen LogP) is 3.26. The normalized spacial score (nSPS) is 19.0. The van der Waals surface area contributed by atoms with E-state index in [9.17, 15) is 4.79 Å². The maximum Gasteiger partial charge on any atom is 0.253 e. The zero-order valence-electron chi connectivity index (χ0n) is 12.7. The largest absolute Gasteiger partial charge is 0.382 e. The maximum absolute atomic E-state index is 11.8. The van der Waals surface area contributed by atoms with Crippen LogP contribution in [0, 0.1) is 5.41 Å². The van der Waals surface area contributed by atoms with Gasteiger partial charge in [-0.25, -0.2) is 0 Å². The predicted molar refractivity (Wildman–Crippen MR) is 82.0 cm³/mol. The van der Waals surface area contributed by atoms with Crippen molar-refractivity contribution < 1.29 is 9.53 Å². The number of rotatable bonds is 6. The molecule has 110 valence electrons. The summed E-state index contributed by atoms with van der Waals surface area (Å²) in [6.07, 6.45) is 2.11. The van der Waals surface area contributed by atoms with Crippen LogP contribution in [0.15, 0.2) is 24.3 Å². The minimum absolute atomic E-state index is 0.133. The Hall–Kier alpha value is -1.55. The molecule has 0 heterocycles. The fraction of sp³-hybridized carbons (Fsp3) is 0.562. The Bertz CT molecular complexity index is 483. The van der Waals surface area contributed by atoms with Crippen molar-refractivity contribution in [3.8, 4) is 0 Å². The first kappa shape index (κ1) is 14.9. The minimum atomic E-state index is -0.448. The number of methoxy groups -OCH3 is 1. The molecule has 20 heavy (non-hydrogen) atoms. The summed E-state index contributed by atoms with van der Waals surface area (Å²) in [6.45, 7) is 6.25. The SMILES string of the molecule is CO[C@H](C)C(=O)Nc1cccc(N[C@@H](C)C2(C)CC2)c1. The van der Waals surface area contributed by atoms with Crippen molar-refractivity contribution in [1.29, 1.82) is 0 Å². The summed E-state index contributed by atoms with van der Waals surface area (Å²) >= 11 is 0. The highest BCUT2D eigenvalue weighted by Crippen LogP contribution is 2.48. The fourth-order valence-corrected chi connectivity index (χ4v) is 2.09. The van der Waals surface area contributed by atoms with E-state index in [1.54, 1.807) is 6.92 Å². The second-order valence-electron chi connectivity index (χ2n) is 5.97. The number of hydrogen-bond acceptors (Lipinski definition) is 3. The van der Waals surface area contributed by atoms with Gasteiger partial charge >= 0.3 is 0 Å². The van der Waals surface area contributed by atoms with Crippen LogP contribution in [-0.2, 0) is 9.53 Å². The van der Waals surface area contributed by atoms with E-state index >= 15 is 0 Å². The van der Waals surface area contributed by atoms with Gasteiger partial charge in [-0.1, -0.05) is 13.0 Å². The number of amides is 1. The number of carbonyl (C=O) groups excluding carboxylic acids is 1. The highest BCUT2D eigenvalue weighted by Gasteiger charge is 2.42. The monoisotopic (exact) mass is 276 g/mol. The fourth-order valence-electron chi connectivity index (χ4n) is 2.09. The molecule has 1 aliphatic rings. The van der Waals surface area contributed by atoms with Gasteiger partial charge in [0.25, 0.3) is 5.91 Å². The van der Waals surface area contributed by atoms with Gasteiger partial charge in [-0.15, -0.1) is 0 Å². The molecule has 0 unspecified atom stereocenters. The van der Waals surface area contributed by atoms with E-state index in [1.165, 1.54) is 20.0 Å². The second kappa shape index (κ2) is 5.83. The van der Waals surface area contributed by atoms with E-state index in [0.717, 1.165) is 11.4 Å². The Labute approximate surface area is 120 Å². The molecule has 0 radical (unpaired) electrons. The first-order valence-corrected chi connectivity index (χ1v) is 7.15. The van der Waals surface area contributed by atoms with Gasteiger partial charge in [-0.2, -0.15) is 0 Å². The summed E-state index contributed by atoms with van der Waals surface area (Å²) in [7, 11) is 1.53. The second-order valence-corrected chi connectivity index (χ2v) is 5.97. The van der Waals surface area contributed by atoms with Gasteiger partial charge in [0, 0.05) is 24.5 Å². The molecule has 0 aliphatic heterocycles. The summed E-state index contributed by atoms with van der Waals surface area (Å²) in [6, 6.07) is 8.25. The average molecular weight is 276 g/mol. The van der Waals surface area contributed by atoms with Gasteiger partial charge in [0.05, 0.1) is 0 Å². The van der Waals surface area contributed by atoms with Crippen molar-refractivity contribution in [2.75, 3.05) is 17.7 Å². The van der Waals surface area contributed by atoms with E-state index < -0.39 is 6.10 Å². The van der Waals surface area contributed by atoms with Crippen molar-refractivity contribution in [3.63, 3.8) is 0 Å². The Kier molecular flexibility index (Phi) is 4.33. The molecule has 1 amide bonds. The highest BCUT2D eigenvalue weighted by atomic mass is 16.5. The molecule has 2 atom stereocenters. The Balaban J connectivity index is 1.99. The van der Waals surface area contributed by atoms with Crippen LogP contribution in [0.25, 0.3) is 0 Å². The van der Waals surface area contributed by atoms with Crippen LogP contribution >= 0.6 is 0 Å². The van der Waals surface area contributed by atoms with E-state index in [1.807, 2.05) is 24.3 Å². The van der Waals surface area contributed by atoms with Crippen LogP contribution in [-0.4, -0.2) is 25.2 Å². The first-order chi connectivity index (χ1) is 9.44. The maximum atomic E-state index is 11.8. The van der Waals surface area contributed by atoms with E-state index in [2.05, 4.69) is 24.5 Å². The first-order valence-electron chi connectivity index (χ1n) is 7.15. The third-order valence-corrected chi connectivity index (χ3v) is 4.32. The topological polar surface area (TPSA) is 50.4 Å². The number of nitrogens with one attached hydrogen (secondary N) is 2. The molecule has 1 saturated carbocycles. The third kappa shape index (κ3) is 3.51. The number of anilines is 2. The molecular weight excluding hydrogens is 252 g/mol. The molecule has 0 bridgehead atoms. The summed E-state index contributed by atoms with van der Waals surface area (Å²) in [5, 5.41) is 6.38. The Morgan fingerprint density at radius 3 is 2.55 bits per heavy atom. The standard InChI is InChI=1S/C16H24N2O2/c1-11(20-4)15(19)18-14-7-5-6-13(10-14)17-12(2)16(3)8-9-16/h5-7,10-12,17H,8-9H2,1-4H3,(H,18,19)/t11-,12+/m1/s1. The minimum Gasteiger partial charge on any atom is -0.382 e. The van der Waals surface area contributed by atoms with Crippen LogP contribution in [0.4, 0.5) is 11.4 Å². The molecule has 4 nitrogen and oxygen atoms in total. The molecule has 1 aliphatic carbocycles. The Morgan fingerprint density at radius 1 is 1.30 bits per heavy atom.